The van der Waals surface area contributed by atoms with E-state index in [-0.39, 0.29) is 11.6 Å². The Labute approximate surface area is 138 Å². The van der Waals surface area contributed by atoms with Crippen LogP contribution in [0.15, 0.2) is 54.9 Å². The van der Waals surface area contributed by atoms with Gasteiger partial charge in [0, 0.05) is 19.8 Å². The summed E-state index contributed by atoms with van der Waals surface area (Å²) in [6, 6.07) is 13.8. The molecule has 1 aliphatic heterocycles. The van der Waals surface area contributed by atoms with Crippen molar-refractivity contribution in [3.8, 4) is 0 Å². The van der Waals surface area contributed by atoms with Crippen LogP contribution in [0.25, 0.3) is 0 Å². The zero-order chi connectivity index (χ0) is 16.8. The summed E-state index contributed by atoms with van der Waals surface area (Å²) >= 11 is 0. The van der Waals surface area contributed by atoms with Crippen molar-refractivity contribution >= 4 is 28.8 Å². The van der Waals surface area contributed by atoms with Crippen molar-refractivity contribution in [1.82, 2.24) is 9.55 Å². The molecule has 3 aromatic rings. The summed E-state index contributed by atoms with van der Waals surface area (Å²) in [5.74, 6) is -0.260. The van der Waals surface area contributed by atoms with Crippen molar-refractivity contribution in [2.45, 2.75) is 0 Å². The first-order valence-corrected chi connectivity index (χ1v) is 7.52. The van der Waals surface area contributed by atoms with Gasteiger partial charge in [-0.15, -0.1) is 0 Å². The highest BCUT2D eigenvalue weighted by Crippen LogP contribution is 2.43. The topological polar surface area (TPSA) is 41.4 Å². The number of hydrogen-bond donors (Lipinski definition) is 0. The van der Waals surface area contributed by atoms with Crippen LogP contribution in [-0.4, -0.2) is 22.5 Å². The maximum absolute atomic E-state index is 14.7. The number of amides is 1. The van der Waals surface area contributed by atoms with E-state index >= 15 is 0 Å². The van der Waals surface area contributed by atoms with Crippen LogP contribution in [0.3, 0.4) is 0 Å². The number of para-hydroxylation sites is 2. The summed E-state index contributed by atoms with van der Waals surface area (Å²) in [4.78, 5) is 20.7. The van der Waals surface area contributed by atoms with Crippen molar-refractivity contribution in [3.05, 3.63) is 66.4 Å². The van der Waals surface area contributed by atoms with Crippen LogP contribution >= 0.6 is 0 Å². The van der Waals surface area contributed by atoms with Gasteiger partial charge in [-0.2, -0.15) is 0 Å². The number of hydrogen-bond acceptors (Lipinski definition) is 3. The zero-order valence-electron chi connectivity index (χ0n) is 13.3. The Hall–Kier alpha value is -3.15. The van der Waals surface area contributed by atoms with Crippen molar-refractivity contribution in [1.29, 1.82) is 0 Å². The van der Waals surface area contributed by atoms with E-state index in [2.05, 4.69) is 4.98 Å². The molecule has 24 heavy (non-hydrogen) atoms. The van der Waals surface area contributed by atoms with Gasteiger partial charge >= 0.3 is 0 Å². The zero-order valence-corrected chi connectivity index (χ0v) is 13.3. The van der Waals surface area contributed by atoms with Crippen LogP contribution in [-0.2, 0) is 7.05 Å². The molecule has 6 heteroatoms. The largest absolute Gasteiger partial charge is 0.328 e. The second-order valence-corrected chi connectivity index (χ2v) is 5.67. The smallest absolute Gasteiger partial charge is 0.283 e. The third-order valence-electron chi connectivity index (χ3n) is 4.21. The van der Waals surface area contributed by atoms with Crippen LogP contribution in [0, 0.1) is 5.82 Å². The molecule has 1 amide bonds. The van der Waals surface area contributed by atoms with Crippen molar-refractivity contribution in [3.63, 3.8) is 0 Å². The highest BCUT2D eigenvalue weighted by atomic mass is 19.1. The Morgan fingerprint density at radius 1 is 1.00 bits per heavy atom. The lowest BCUT2D eigenvalue weighted by Gasteiger charge is -2.25. The number of aromatic nitrogens is 2. The van der Waals surface area contributed by atoms with Gasteiger partial charge in [-0.1, -0.05) is 24.3 Å². The van der Waals surface area contributed by atoms with Crippen LogP contribution in [0.5, 0.6) is 0 Å². The first-order chi connectivity index (χ1) is 11.6. The van der Waals surface area contributed by atoms with Gasteiger partial charge in [-0.3, -0.25) is 9.69 Å². The van der Waals surface area contributed by atoms with E-state index in [0.717, 1.165) is 0 Å². The second-order valence-electron chi connectivity index (χ2n) is 5.67. The molecule has 4 rings (SSSR count). The van der Waals surface area contributed by atoms with Gasteiger partial charge in [0.05, 0.1) is 12.0 Å². The SMILES string of the molecule is CN1c2cccc(F)c2N(c2ccccc2)C(=O)c2c1ncn2C. The summed E-state index contributed by atoms with van der Waals surface area (Å²) in [7, 11) is 3.54. The van der Waals surface area contributed by atoms with E-state index in [1.165, 1.54) is 11.0 Å². The summed E-state index contributed by atoms with van der Waals surface area (Å²) < 4.78 is 16.4. The van der Waals surface area contributed by atoms with Crippen molar-refractivity contribution in [2.75, 3.05) is 16.8 Å². The maximum atomic E-state index is 14.7. The molecule has 0 saturated carbocycles. The number of carbonyl (C=O) groups excluding carboxylic acids is 1. The molecule has 120 valence electrons. The monoisotopic (exact) mass is 322 g/mol. The Kier molecular flexibility index (Phi) is 3.13. The third kappa shape index (κ3) is 1.93. The molecule has 0 N–H and O–H groups in total. The van der Waals surface area contributed by atoms with Gasteiger partial charge in [-0.25, -0.2) is 9.37 Å². The van der Waals surface area contributed by atoms with E-state index in [9.17, 15) is 9.18 Å². The fourth-order valence-corrected chi connectivity index (χ4v) is 3.05. The molecule has 2 heterocycles. The lowest BCUT2D eigenvalue weighted by Crippen LogP contribution is -2.27. The number of fused-ring (bicyclic) bond motifs is 2. The van der Waals surface area contributed by atoms with E-state index in [0.29, 0.717) is 22.9 Å². The van der Waals surface area contributed by atoms with Gasteiger partial charge in [0.25, 0.3) is 5.91 Å². The maximum Gasteiger partial charge on any atom is 0.283 e. The van der Waals surface area contributed by atoms with Gasteiger partial charge < -0.3 is 9.47 Å². The second kappa shape index (κ2) is 5.19. The standard InChI is InChI=1S/C18H15FN4O/c1-21-11-20-17-16(21)18(24)23(12-7-4-3-5-8-12)15-13(19)9-6-10-14(15)22(17)2/h3-11H,1-2H3. The number of rotatable bonds is 1. The van der Waals surface area contributed by atoms with Gasteiger partial charge in [0.2, 0.25) is 0 Å². The molecular formula is C18H15FN4O. The Bertz CT molecular complexity index is 935. The lowest BCUT2D eigenvalue weighted by molar-refractivity contribution is 0.0992. The van der Waals surface area contributed by atoms with Gasteiger partial charge in [0.15, 0.2) is 11.5 Å². The van der Waals surface area contributed by atoms with Gasteiger partial charge in [0.1, 0.15) is 11.5 Å². The molecular weight excluding hydrogens is 307 g/mol. The van der Waals surface area contributed by atoms with Gasteiger partial charge in [-0.05, 0) is 24.3 Å². The summed E-state index contributed by atoms with van der Waals surface area (Å²) in [6.07, 6.45) is 1.59. The highest BCUT2D eigenvalue weighted by molar-refractivity contribution is 6.16. The lowest BCUT2D eigenvalue weighted by atomic mass is 10.2. The minimum atomic E-state index is -0.454. The molecule has 1 aliphatic rings. The predicted molar refractivity (Wildman–Crippen MR) is 90.6 cm³/mol. The van der Waals surface area contributed by atoms with Crippen LogP contribution < -0.4 is 9.80 Å². The number of imidazole rings is 1. The molecule has 0 unspecified atom stereocenters. The Morgan fingerprint density at radius 3 is 2.50 bits per heavy atom. The fraction of sp³-hybridized carbons (Fsp3) is 0.111. The van der Waals surface area contributed by atoms with E-state index in [1.807, 2.05) is 18.2 Å². The molecule has 0 saturated heterocycles. The number of halogens is 1. The molecule has 0 bridgehead atoms. The first kappa shape index (κ1) is 14.4. The molecule has 0 atom stereocenters. The Balaban J connectivity index is 2.07. The molecule has 1 aromatic heterocycles. The van der Waals surface area contributed by atoms with Crippen LogP contribution in [0.2, 0.25) is 0 Å². The number of carbonyl (C=O) groups is 1. The van der Waals surface area contributed by atoms with E-state index in [4.69, 9.17) is 0 Å². The average Bonchev–Trinajstić information content (AvgIpc) is 2.94. The number of benzene rings is 2. The first-order valence-electron chi connectivity index (χ1n) is 7.52. The summed E-state index contributed by atoms with van der Waals surface area (Å²) in [6.45, 7) is 0. The minimum absolute atomic E-state index is 0.231. The van der Waals surface area contributed by atoms with Crippen molar-refractivity contribution < 1.29 is 9.18 Å². The quantitative estimate of drug-likeness (QED) is 0.687. The normalized spacial score (nSPS) is 13.5. The average molecular weight is 322 g/mol. The molecule has 0 spiro atoms. The van der Waals surface area contributed by atoms with Crippen LogP contribution in [0.4, 0.5) is 27.3 Å². The minimum Gasteiger partial charge on any atom is -0.328 e. The summed E-state index contributed by atoms with van der Waals surface area (Å²) in [5.41, 5.74) is 1.84. The molecule has 0 radical (unpaired) electrons. The molecule has 2 aromatic carbocycles. The third-order valence-corrected chi connectivity index (χ3v) is 4.21. The molecule has 5 nitrogen and oxygen atoms in total. The highest BCUT2D eigenvalue weighted by Gasteiger charge is 2.35. The van der Waals surface area contributed by atoms with E-state index < -0.39 is 5.82 Å². The number of aryl methyl sites for hydroxylation is 1. The molecule has 0 aliphatic carbocycles. The number of nitrogens with zero attached hydrogens (tertiary/aromatic N) is 4. The fourth-order valence-electron chi connectivity index (χ4n) is 3.05. The van der Waals surface area contributed by atoms with Crippen LogP contribution in [0.1, 0.15) is 10.5 Å². The van der Waals surface area contributed by atoms with E-state index in [1.54, 1.807) is 54.2 Å². The number of anilines is 4. The molecule has 0 fully saturated rings. The Morgan fingerprint density at radius 2 is 1.75 bits per heavy atom. The van der Waals surface area contributed by atoms with Crippen molar-refractivity contribution in [2.24, 2.45) is 7.05 Å². The predicted octanol–water partition coefficient (Wildman–Crippen LogP) is 3.62. The summed E-state index contributed by atoms with van der Waals surface area (Å²) in [5, 5.41) is 0.